The van der Waals surface area contributed by atoms with Gasteiger partial charge in [0.2, 0.25) is 0 Å². The lowest BCUT2D eigenvalue weighted by atomic mass is 10.1. The van der Waals surface area contributed by atoms with Crippen LogP contribution in [0.15, 0.2) is 30.5 Å². The average Bonchev–Trinajstić information content (AvgIpc) is 3.00. The van der Waals surface area contributed by atoms with E-state index in [9.17, 15) is 4.79 Å². The van der Waals surface area contributed by atoms with Crippen LogP contribution in [0.25, 0.3) is 0 Å². The lowest BCUT2D eigenvalue weighted by Crippen LogP contribution is -2.48. The molecule has 122 valence electrons. The van der Waals surface area contributed by atoms with Crippen LogP contribution in [0.1, 0.15) is 25.8 Å². The molecule has 1 aliphatic heterocycles. The Bertz CT molecular complexity index is 659. The van der Waals surface area contributed by atoms with Crippen LogP contribution in [0.2, 0.25) is 0 Å². The fourth-order valence-electron chi connectivity index (χ4n) is 2.77. The predicted molar refractivity (Wildman–Crippen MR) is 92.4 cm³/mol. The van der Waals surface area contributed by atoms with Gasteiger partial charge in [-0.2, -0.15) is 0 Å². The number of aromatic nitrogens is 1. The number of hydrogen-bond acceptors (Lipinski definition) is 5. The van der Waals surface area contributed by atoms with Crippen molar-refractivity contribution in [3.05, 3.63) is 51.5 Å². The summed E-state index contributed by atoms with van der Waals surface area (Å²) >= 11 is 1.75. The van der Waals surface area contributed by atoms with Gasteiger partial charge in [0.1, 0.15) is 0 Å². The minimum Gasteiger partial charge on any atom is -0.336 e. The summed E-state index contributed by atoms with van der Waals surface area (Å²) in [4.78, 5) is 22.4. The van der Waals surface area contributed by atoms with E-state index in [1.54, 1.807) is 11.3 Å². The molecule has 0 saturated carbocycles. The van der Waals surface area contributed by atoms with Crippen LogP contribution in [0.3, 0.4) is 0 Å². The third kappa shape index (κ3) is 3.96. The Hall–Kier alpha value is -1.76. The number of benzene rings is 1. The second-order valence-electron chi connectivity index (χ2n) is 5.81. The van der Waals surface area contributed by atoms with Gasteiger partial charge in [-0.1, -0.05) is 12.1 Å². The standard InChI is InChI=1S/C17H22N4OS/c1-13-19-11-16(23-13)12-20-6-8-21(9-7-20)17(22)15-4-2-14(10-18)3-5-15/h2-5,11H,6-10,12,18H2,1H3. The van der Waals surface area contributed by atoms with Crippen LogP contribution in [0.4, 0.5) is 0 Å². The first-order valence-electron chi connectivity index (χ1n) is 7.87. The zero-order chi connectivity index (χ0) is 16.2. The topological polar surface area (TPSA) is 62.5 Å². The number of nitrogens with two attached hydrogens (primary N) is 1. The van der Waals surface area contributed by atoms with Crippen molar-refractivity contribution in [2.24, 2.45) is 5.73 Å². The fraction of sp³-hybridized carbons (Fsp3) is 0.412. The van der Waals surface area contributed by atoms with E-state index in [1.807, 2.05) is 42.3 Å². The third-order valence-corrected chi connectivity index (χ3v) is 5.04. The highest BCUT2D eigenvalue weighted by Crippen LogP contribution is 2.16. The Morgan fingerprint density at radius 1 is 1.22 bits per heavy atom. The smallest absolute Gasteiger partial charge is 0.253 e. The number of thiazole rings is 1. The molecule has 0 atom stereocenters. The van der Waals surface area contributed by atoms with E-state index < -0.39 is 0 Å². The van der Waals surface area contributed by atoms with Gasteiger partial charge in [0.05, 0.1) is 5.01 Å². The van der Waals surface area contributed by atoms with Crippen LogP contribution in [-0.4, -0.2) is 46.9 Å². The summed E-state index contributed by atoms with van der Waals surface area (Å²) in [5.74, 6) is 0.113. The van der Waals surface area contributed by atoms with Gasteiger partial charge in [-0.25, -0.2) is 4.98 Å². The molecule has 0 unspecified atom stereocenters. The molecule has 0 bridgehead atoms. The number of piperazine rings is 1. The van der Waals surface area contributed by atoms with Crippen LogP contribution < -0.4 is 5.73 Å². The first kappa shape index (κ1) is 16.1. The number of carbonyl (C=O) groups is 1. The Balaban J connectivity index is 1.54. The van der Waals surface area contributed by atoms with E-state index in [4.69, 9.17) is 5.73 Å². The largest absolute Gasteiger partial charge is 0.336 e. The SMILES string of the molecule is Cc1ncc(CN2CCN(C(=O)c3ccc(CN)cc3)CC2)s1. The average molecular weight is 330 g/mol. The molecule has 1 aromatic carbocycles. The Morgan fingerprint density at radius 3 is 2.48 bits per heavy atom. The summed E-state index contributed by atoms with van der Waals surface area (Å²) in [5, 5.41) is 1.11. The molecule has 2 N–H and O–H groups in total. The number of amides is 1. The van der Waals surface area contributed by atoms with Gasteiger partial charge in [-0.15, -0.1) is 11.3 Å². The molecule has 6 heteroatoms. The molecule has 1 fully saturated rings. The fourth-order valence-corrected chi connectivity index (χ4v) is 3.61. The molecule has 1 amide bonds. The van der Waals surface area contributed by atoms with Crippen molar-refractivity contribution in [2.75, 3.05) is 26.2 Å². The Labute approximate surface area is 140 Å². The summed E-state index contributed by atoms with van der Waals surface area (Å²) in [7, 11) is 0. The number of aryl methyl sites for hydroxylation is 1. The van der Waals surface area contributed by atoms with Gasteiger partial charge in [0.15, 0.2) is 0 Å². The van der Waals surface area contributed by atoms with Crippen LogP contribution in [0, 0.1) is 6.92 Å². The molecule has 23 heavy (non-hydrogen) atoms. The molecular formula is C17H22N4OS. The van der Waals surface area contributed by atoms with Gasteiger partial charge < -0.3 is 10.6 Å². The summed E-state index contributed by atoms with van der Waals surface area (Å²) < 4.78 is 0. The van der Waals surface area contributed by atoms with Crippen molar-refractivity contribution in [3.63, 3.8) is 0 Å². The minimum atomic E-state index is 0.113. The number of rotatable bonds is 4. The molecule has 3 rings (SSSR count). The van der Waals surface area contributed by atoms with E-state index in [-0.39, 0.29) is 5.91 Å². The number of carbonyl (C=O) groups excluding carboxylic acids is 1. The van der Waals surface area contributed by atoms with Gasteiger partial charge in [-0.05, 0) is 24.6 Å². The van der Waals surface area contributed by atoms with Crippen LogP contribution in [-0.2, 0) is 13.1 Å². The summed E-state index contributed by atoms with van der Waals surface area (Å²) in [5.41, 5.74) is 7.39. The van der Waals surface area contributed by atoms with Gasteiger partial charge in [0, 0.05) is 55.9 Å². The zero-order valence-electron chi connectivity index (χ0n) is 13.4. The van der Waals surface area contributed by atoms with Crippen LogP contribution in [0.5, 0.6) is 0 Å². The number of hydrogen-bond donors (Lipinski definition) is 1. The first-order valence-corrected chi connectivity index (χ1v) is 8.69. The van der Waals surface area contributed by atoms with Crippen molar-refractivity contribution in [3.8, 4) is 0 Å². The van der Waals surface area contributed by atoms with Crippen molar-refractivity contribution in [2.45, 2.75) is 20.0 Å². The predicted octanol–water partition coefficient (Wildman–Crippen LogP) is 1.87. The second-order valence-corrected chi connectivity index (χ2v) is 7.13. The van der Waals surface area contributed by atoms with Crippen molar-refractivity contribution in [1.82, 2.24) is 14.8 Å². The molecular weight excluding hydrogens is 308 g/mol. The van der Waals surface area contributed by atoms with Crippen molar-refractivity contribution in [1.29, 1.82) is 0 Å². The van der Waals surface area contributed by atoms with Crippen LogP contribution >= 0.6 is 11.3 Å². The molecule has 1 aromatic heterocycles. The molecule has 0 aliphatic carbocycles. The third-order valence-electron chi connectivity index (χ3n) is 4.14. The maximum atomic E-state index is 12.5. The number of nitrogens with zero attached hydrogens (tertiary/aromatic N) is 3. The minimum absolute atomic E-state index is 0.113. The molecule has 2 aromatic rings. The summed E-state index contributed by atoms with van der Waals surface area (Å²) in [6.07, 6.45) is 1.95. The molecule has 0 spiro atoms. The summed E-state index contributed by atoms with van der Waals surface area (Å²) in [6.45, 7) is 6.82. The van der Waals surface area contributed by atoms with E-state index in [2.05, 4.69) is 9.88 Å². The molecule has 5 nitrogen and oxygen atoms in total. The summed E-state index contributed by atoms with van der Waals surface area (Å²) in [6, 6.07) is 7.60. The normalized spacial score (nSPS) is 15.8. The van der Waals surface area contributed by atoms with Gasteiger partial charge in [-0.3, -0.25) is 9.69 Å². The zero-order valence-corrected chi connectivity index (χ0v) is 14.2. The molecule has 0 radical (unpaired) electrons. The maximum absolute atomic E-state index is 12.5. The monoisotopic (exact) mass is 330 g/mol. The molecule has 1 aliphatic rings. The van der Waals surface area contributed by atoms with E-state index in [0.717, 1.165) is 48.9 Å². The van der Waals surface area contributed by atoms with Gasteiger partial charge >= 0.3 is 0 Å². The maximum Gasteiger partial charge on any atom is 0.253 e. The van der Waals surface area contributed by atoms with E-state index >= 15 is 0 Å². The second kappa shape index (κ2) is 7.21. The Morgan fingerprint density at radius 2 is 1.91 bits per heavy atom. The first-order chi connectivity index (χ1) is 11.2. The highest BCUT2D eigenvalue weighted by Gasteiger charge is 2.22. The quantitative estimate of drug-likeness (QED) is 0.929. The molecule has 1 saturated heterocycles. The molecule has 2 heterocycles. The lowest BCUT2D eigenvalue weighted by Gasteiger charge is -2.34. The van der Waals surface area contributed by atoms with E-state index in [0.29, 0.717) is 6.54 Å². The van der Waals surface area contributed by atoms with Crippen molar-refractivity contribution >= 4 is 17.2 Å². The van der Waals surface area contributed by atoms with E-state index in [1.165, 1.54) is 4.88 Å². The lowest BCUT2D eigenvalue weighted by molar-refractivity contribution is 0.0629. The Kier molecular flexibility index (Phi) is 5.05. The highest BCUT2D eigenvalue weighted by molar-refractivity contribution is 7.11. The highest BCUT2D eigenvalue weighted by atomic mass is 32.1. The van der Waals surface area contributed by atoms with Crippen molar-refractivity contribution < 1.29 is 4.79 Å². The van der Waals surface area contributed by atoms with Gasteiger partial charge in [0.25, 0.3) is 5.91 Å².